The van der Waals surface area contributed by atoms with Gasteiger partial charge in [0.15, 0.2) is 0 Å². The van der Waals surface area contributed by atoms with Crippen LogP contribution >= 0.6 is 11.8 Å². The van der Waals surface area contributed by atoms with Crippen molar-refractivity contribution in [3.63, 3.8) is 0 Å². The normalized spacial score (nSPS) is 21.4. The maximum absolute atomic E-state index is 13.5. The molecule has 2 aromatic carbocycles. The van der Waals surface area contributed by atoms with Crippen LogP contribution in [0, 0.1) is 0 Å². The van der Waals surface area contributed by atoms with Crippen molar-refractivity contribution >= 4 is 52.4 Å². The Kier molecular flexibility index (Phi) is 7.07. The fourth-order valence-corrected chi connectivity index (χ4v) is 6.66. The lowest BCUT2D eigenvalue weighted by Crippen LogP contribution is -2.71. The third-order valence-corrected chi connectivity index (χ3v) is 8.47. The van der Waals surface area contributed by atoms with Gasteiger partial charge in [0.2, 0.25) is 17.2 Å². The molecule has 3 amide bonds. The van der Waals surface area contributed by atoms with E-state index < -0.39 is 63.3 Å². The molecular weight excluding hydrogens is 554 g/mol. The summed E-state index contributed by atoms with van der Waals surface area (Å²) < 4.78 is 9.68. The van der Waals surface area contributed by atoms with E-state index in [0.717, 1.165) is 6.26 Å². The lowest BCUT2D eigenvalue weighted by molar-refractivity contribution is -0.161. The van der Waals surface area contributed by atoms with Gasteiger partial charge < -0.3 is 29.8 Å². The van der Waals surface area contributed by atoms with Crippen molar-refractivity contribution in [2.45, 2.75) is 49.0 Å². The average Bonchev–Trinajstić information content (AvgIpc) is 3.18. The molecule has 212 valence electrons. The maximum atomic E-state index is 13.5. The highest BCUT2D eigenvalue weighted by atomic mass is 32.2. The van der Waals surface area contributed by atoms with Crippen LogP contribution in [-0.4, -0.2) is 61.9 Å². The van der Waals surface area contributed by atoms with Crippen molar-refractivity contribution in [3.8, 4) is 5.75 Å². The summed E-state index contributed by atoms with van der Waals surface area (Å²) in [7, 11) is 0. The number of carbonyl (C=O) groups excluding carboxylic acids is 4. The first-order valence-electron chi connectivity index (χ1n) is 12.5. The van der Waals surface area contributed by atoms with Crippen LogP contribution in [0.25, 0.3) is 11.0 Å². The van der Waals surface area contributed by atoms with Crippen LogP contribution in [0.1, 0.15) is 42.7 Å². The van der Waals surface area contributed by atoms with Crippen molar-refractivity contribution in [1.82, 2.24) is 15.5 Å². The van der Waals surface area contributed by atoms with Gasteiger partial charge in [-0.15, -0.1) is 11.8 Å². The molecule has 2 fully saturated rings. The molecule has 3 heterocycles. The topological polar surface area (TPSA) is 172 Å². The van der Waals surface area contributed by atoms with Crippen LogP contribution in [0.15, 0.2) is 64.0 Å². The van der Waals surface area contributed by atoms with Crippen LogP contribution in [0.2, 0.25) is 0 Å². The Bertz CT molecular complexity index is 1650. The molecule has 2 aliphatic rings. The van der Waals surface area contributed by atoms with Gasteiger partial charge in [0.05, 0.1) is 5.39 Å². The summed E-state index contributed by atoms with van der Waals surface area (Å²) in [5.41, 5.74) is -0.553. The van der Waals surface area contributed by atoms with Crippen LogP contribution in [0.3, 0.4) is 0 Å². The summed E-state index contributed by atoms with van der Waals surface area (Å²) in [5.74, 6) is -3.66. The van der Waals surface area contributed by atoms with Crippen LogP contribution in [0.5, 0.6) is 5.75 Å². The number of rotatable bonds is 7. The number of nitrogens with zero attached hydrogens (tertiary/aromatic N) is 1. The monoisotopic (exact) mass is 579 g/mol. The smallest absolute Gasteiger partial charge is 0.327 e. The number of ether oxygens (including phenoxy) is 1. The molecule has 4 atom stereocenters. The molecule has 13 heteroatoms. The predicted octanol–water partition coefficient (Wildman–Crippen LogP) is 1.82. The number of amides is 3. The lowest BCUT2D eigenvalue weighted by Gasteiger charge is -2.44. The molecule has 41 heavy (non-hydrogen) atoms. The molecule has 0 aliphatic carbocycles. The number of β-lactam (4-membered cyclic amide) rings is 1. The van der Waals surface area contributed by atoms with Gasteiger partial charge in [0.25, 0.3) is 5.91 Å². The van der Waals surface area contributed by atoms with E-state index >= 15 is 0 Å². The molecule has 1 unspecified atom stereocenters. The number of benzene rings is 2. The van der Waals surface area contributed by atoms with E-state index in [-0.39, 0.29) is 22.3 Å². The number of thioether (sulfide) groups is 1. The Morgan fingerprint density at radius 1 is 1.10 bits per heavy atom. The highest BCUT2D eigenvalue weighted by Crippen LogP contribution is 2.50. The molecule has 0 saturated carbocycles. The summed E-state index contributed by atoms with van der Waals surface area (Å²) in [4.78, 5) is 77.0. The molecule has 1 aromatic heterocycles. The largest absolute Gasteiger partial charge is 0.480 e. The molecule has 0 radical (unpaired) electrons. The third-order valence-electron chi connectivity index (χ3n) is 6.90. The summed E-state index contributed by atoms with van der Waals surface area (Å²) >= 11 is 1.27. The number of fused-ring (bicyclic) bond motifs is 2. The number of aliphatic carboxylic acids is 1. The first-order valence-corrected chi connectivity index (χ1v) is 13.4. The minimum absolute atomic E-state index is 0.0586. The summed E-state index contributed by atoms with van der Waals surface area (Å²) in [5, 5.41) is 14.3. The molecule has 2 saturated heterocycles. The van der Waals surface area contributed by atoms with E-state index in [1.165, 1.54) is 41.8 Å². The van der Waals surface area contributed by atoms with Crippen LogP contribution in [0.4, 0.5) is 0 Å². The second-order valence-corrected chi connectivity index (χ2v) is 11.9. The second-order valence-electron chi connectivity index (χ2n) is 10.1. The quantitative estimate of drug-likeness (QED) is 0.213. The second kappa shape index (κ2) is 10.4. The minimum Gasteiger partial charge on any atom is -0.480 e. The zero-order valence-corrected chi connectivity index (χ0v) is 22.9. The van der Waals surface area contributed by atoms with E-state index in [2.05, 4.69) is 10.6 Å². The van der Waals surface area contributed by atoms with Crippen LogP contribution in [-0.2, 0) is 19.2 Å². The zero-order chi connectivity index (χ0) is 29.6. The number of carbonyl (C=O) groups is 5. The number of carboxylic acids is 1. The molecule has 3 N–H and O–H groups in total. The van der Waals surface area contributed by atoms with Gasteiger partial charge in [-0.3, -0.25) is 24.0 Å². The van der Waals surface area contributed by atoms with Gasteiger partial charge in [-0.2, -0.15) is 0 Å². The Balaban J connectivity index is 1.39. The van der Waals surface area contributed by atoms with Gasteiger partial charge in [0.1, 0.15) is 46.7 Å². The molecule has 12 nitrogen and oxygen atoms in total. The van der Waals surface area contributed by atoms with Gasteiger partial charge in [-0.25, -0.2) is 4.79 Å². The van der Waals surface area contributed by atoms with Crippen LogP contribution < -0.4 is 20.8 Å². The Morgan fingerprint density at radius 3 is 2.46 bits per heavy atom. The number of esters is 1. The zero-order valence-electron chi connectivity index (χ0n) is 22.1. The summed E-state index contributed by atoms with van der Waals surface area (Å²) in [6.45, 7) is 4.67. The standard InChI is InChI=1S/C28H25N3O9S/c1-13(32)40-15-9-10-16-18(11-15)39-12-17(21(16)33)23(34)29-19(14-7-5-4-6-8-14)24(35)30-20-25(36)31-22(27(37)38)28(2,3)41-26(20)31/h4-12,19-20,22,26H,1-3H3,(H,29,34)(H,30,35)(H,37,38)/t19?,20-,22+,26-/m1/s1. The number of hydrogen-bond donors (Lipinski definition) is 3. The SMILES string of the molecule is CC(=O)Oc1ccc2c(=O)c(C(=O)NC(C(=O)N[C@@H]3C(=O)N4[C@@H]3SC(C)(C)[C@@H]4C(=O)O)c3ccccc3)coc2c1. The fraction of sp³-hybridized carbons (Fsp3) is 0.286. The van der Waals surface area contributed by atoms with E-state index in [9.17, 15) is 33.9 Å². The highest BCUT2D eigenvalue weighted by molar-refractivity contribution is 8.01. The van der Waals surface area contributed by atoms with Crippen molar-refractivity contribution < 1.29 is 38.2 Å². The van der Waals surface area contributed by atoms with Crippen molar-refractivity contribution in [3.05, 3.63) is 76.1 Å². The van der Waals surface area contributed by atoms with Gasteiger partial charge in [-0.1, -0.05) is 30.3 Å². The van der Waals surface area contributed by atoms with Gasteiger partial charge >= 0.3 is 11.9 Å². The molecule has 0 spiro atoms. The number of nitrogens with one attached hydrogen (secondary N) is 2. The Hall–Kier alpha value is -4.65. The predicted molar refractivity (Wildman–Crippen MR) is 146 cm³/mol. The third kappa shape index (κ3) is 5.04. The number of carboxylic acid groups (broad SMARTS) is 1. The number of hydrogen-bond acceptors (Lipinski definition) is 9. The van der Waals surface area contributed by atoms with E-state index in [1.807, 2.05) is 0 Å². The van der Waals surface area contributed by atoms with E-state index in [1.54, 1.807) is 44.2 Å². The Morgan fingerprint density at radius 2 is 1.80 bits per heavy atom. The lowest BCUT2D eigenvalue weighted by atomic mass is 9.95. The summed E-state index contributed by atoms with van der Waals surface area (Å²) in [6, 6.07) is 9.02. The summed E-state index contributed by atoms with van der Waals surface area (Å²) in [6.07, 6.45) is 0.953. The van der Waals surface area contributed by atoms with E-state index in [0.29, 0.717) is 5.56 Å². The molecule has 0 bridgehead atoms. The molecule has 3 aromatic rings. The Labute approximate surface area is 237 Å². The van der Waals surface area contributed by atoms with Gasteiger partial charge in [-0.05, 0) is 31.5 Å². The van der Waals surface area contributed by atoms with E-state index in [4.69, 9.17) is 9.15 Å². The van der Waals surface area contributed by atoms with Crippen molar-refractivity contribution in [2.24, 2.45) is 0 Å². The first kappa shape index (κ1) is 27.9. The fourth-order valence-electron chi connectivity index (χ4n) is 5.03. The van der Waals surface area contributed by atoms with Crippen molar-refractivity contribution in [2.75, 3.05) is 0 Å². The van der Waals surface area contributed by atoms with Gasteiger partial charge in [0, 0.05) is 17.7 Å². The molecule has 2 aliphatic heterocycles. The maximum Gasteiger partial charge on any atom is 0.327 e. The minimum atomic E-state index is -1.29. The highest BCUT2D eigenvalue weighted by Gasteiger charge is 2.64. The van der Waals surface area contributed by atoms with Crippen molar-refractivity contribution in [1.29, 1.82) is 0 Å². The molecular formula is C28H25N3O9S. The molecule has 5 rings (SSSR count). The average molecular weight is 580 g/mol. The first-order chi connectivity index (χ1) is 19.4.